The van der Waals surface area contributed by atoms with Gasteiger partial charge >= 0.3 is 5.97 Å². The number of hydrogen-bond donors (Lipinski definition) is 2. The molecule has 0 aliphatic carbocycles. The number of carboxylic acids is 1. The van der Waals surface area contributed by atoms with Crippen molar-refractivity contribution in [2.24, 2.45) is 17.8 Å². The van der Waals surface area contributed by atoms with Gasteiger partial charge in [-0.3, -0.25) is 4.79 Å². The molecule has 4 aliphatic heterocycles. The molecule has 0 bridgehead atoms. The lowest BCUT2D eigenvalue weighted by atomic mass is 9.79. The number of hydrogen-bond acceptors (Lipinski definition) is 6. The summed E-state index contributed by atoms with van der Waals surface area (Å²) in [7, 11) is 2.20. The number of nitrogens with zero attached hydrogens (tertiary/aromatic N) is 3. The van der Waals surface area contributed by atoms with Crippen LogP contribution in [0.2, 0.25) is 0 Å². The first kappa shape index (κ1) is 22.1. The summed E-state index contributed by atoms with van der Waals surface area (Å²) in [4.78, 5) is 31.7. The molecule has 4 aliphatic rings. The summed E-state index contributed by atoms with van der Waals surface area (Å²) in [6, 6.07) is -0.212. The van der Waals surface area contributed by atoms with Crippen LogP contribution in [-0.2, 0) is 9.59 Å². The molecule has 0 aromatic heterocycles. The minimum Gasteiger partial charge on any atom is -0.477 e. The van der Waals surface area contributed by atoms with E-state index in [1.807, 2.05) is 6.92 Å². The number of carbonyl (C=O) groups excluding carboxylic acids is 1. The van der Waals surface area contributed by atoms with E-state index in [0.29, 0.717) is 5.25 Å². The molecule has 3 saturated heterocycles. The van der Waals surface area contributed by atoms with Crippen molar-refractivity contribution in [1.82, 2.24) is 14.7 Å². The number of amides is 1. The maximum Gasteiger partial charge on any atom is 0.353 e. The number of aliphatic carboxylic acids is 1. The van der Waals surface area contributed by atoms with Crippen molar-refractivity contribution in [3.8, 4) is 0 Å². The van der Waals surface area contributed by atoms with E-state index >= 15 is 0 Å². The van der Waals surface area contributed by atoms with E-state index < -0.39 is 18.0 Å². The van der Waals surface area contributed by atoms with Crippen LogP contribution in [0.3, 0.4) is 0 Å². The van der Waals surface area contributed by atoms with Crippen molar-refractivity contribution in [1.29, 1.82) is 0 Å². The van der Waals surface area contributed by atoms with E-state index in [0.717, 1.165) is 36.8 Å². The number of aliphatic hydroxyl groups excluding tert-OH is 1. The van der Waals surface area contributed by atoms with Gasteiger partial charge in [0.25, 0.3) is 0 Å². The van der Waals surface area contributed by atoms with Crippen LogP contribution in [0, 0.1) is 17.8 Å². The van der Waals surface area contributed by atoms with E-state index in [9.17, 15) is 19.8 Å². The molecule has 0 unspecified atom stereocenters. The zero-order valence-corrected chi connectivity index (χ0v) is 19.1. The van der Waals surface area contributed by atoms with Crippen LogP contribution in [0.25, 0.3) is 0 Å². The maximum absolute atomic E-state index is 12.5. The highest BCUT2D eigenvalue weighted by molar-refractivity contribution is 8.03. The third kappa shape index (κ3) is 4.04. The van der Waals surface area contributed by atoms with E-state index in [1.54, 1.807) is 18.7 Å². The smallest absolute Gasteiger partial charge is 0.353 e. The second-order valence-electron chi connectivity index (χ2n) is 9.64. The summed E-state index contributed by atoms with van der Waals surface area (Å²) < 4.78 is 0. The lowest BCUT2D eigenvalue weighted by molar-refractivity contribution is -0.163. The van der Waals surface area contributed by atoms with Gasteiger partial charge in [0.1, 0.15) is 5.70 Å². The molecule has 7 nitrogen and oxygen atoms in total. The molecule has 30 heavy (non-hydrogen) atoms. The van der Waals surface area contributed by atoms with Crippen molar-refractivity contribution in [3.05, 3.63) is 10.6 Å². The Morgan fingerprint density at radius 1 is 1.17 bits per heavy atom. The predicted molar refractivity (Wildman–Crippen MR) is 117 cm³/mol. The summed E-state index contributed by atoms with van der Waals surface area (Å²) in [6.45, 7) is 9.35. The van der Waals surface area contributed by atoms with Crippen molar-refractivity contribution in [3.63, 3.8) is 0 Å². The van der Waals surface area contributed by atoms with Crippen LogP contribution >= 0.6 is 11.8 Å². The average Bonchev–Trinajstić information content (AvgIpc) is 2.94. The molecule has 0 radical (unpaired) electrons. The average molecular weight is 438 g/mol. The third-order valence-electron chi connectivity index (χ3n) is 7.49. The highest BCUT2D eigenvalue weighted by Crippen LogP contribution is 2.52. The monoisotopic (exact) mass is 437 g/mol. The Bertz CT molecular complexity index is 711. The lowest BCUT2D eigenvalue weighted by Crippen LogP contribution is -2.63. The van der Waals surface area contributed by atoms with Gasteiger partial charge in [-0.15, -0.1) is 11.8 Å². The molecule has 0 aromatic rings. The predicted octanol–water partition coefficient (Wildman–Crippen LogP) is 1.68. The fourth-order valence-electron chi connectivity index (χ4n) is 5.68. The second-order valence-corrected chi connectivity index (χ2v) is 11.0. The van der Waals surface area contributed by atoms with E-state index in [-0.39, 0.29) is 23.6 Å². The Kier molecular flexibility index (Phi) is 6.49. The highest BCUT2D eigenvalue weighted by Gasteiger charge is 2.60. The van der Waals surface area contributed by atoms with Gasteiger partial charge in [0.05, 0.1) is 18.1 Å². The number of aliphatic hydroxyl groups is 1. The number of carboxylic acid groups (broad SMARTS) is 1. The number of carbonyl (C=O) groups is 2. The minimum atomic E-state index is -1.02. The number of fused-ring (bicyclic) bond motifs is 1. The molecule has 0 aromatic carbocycles. The molecule has 8 heteroatoms. The number of likely N-dealkylation sites (tertiary alicyclic amines) is 2. The van der Waals surface area contributed by atoms with Gasteiger partial charge in [0.2, 0.25) is 5.91 Å². The van der Waals surface area contributed by atoms with Crippen LogP contribution in [0.15, 0.2) is 10.6 Å². The number of β-lactam (4-membered cyclic amide) rings is 1. The first-order valence-electron chi connectivity index (χ1n) is 11.3. The Morgan fingerprint density at radius 3 is 2.37 bits per heavy atom. The Labute approximate surface area is 183 Å². The quantitative estimate of drug-likeness (QED) is 0.612. The van der Waals surface area contributed by atoms with Gasteiger partial charge in [-0.2, -0.15) is 0 Å². The highest BCUT2D eigenvalue weighted by atomic mass is 32.2. The van der Waals surface area contributed by atoms with Gasteiger partial charge in [-0.25, -0.2) is 4.79 Å². The third-order valence-corrected chi connectivity index (χ3v) is 9.12. The van der Waals surface area contributed by atoms with Crippen LogP contribution in [0.1, 0.15) is 39.5 Å². The molecular weight excluding hydrogens is 402 g/mol. The van der Waals surface area contributed by atoms with Gasteiger partial charge in [0, 0.05) is 22.6 Å². The normalized spacial score (nSPS) is 33.0. The molecule has 0 spiro atoms. The fraction of sp³-hybridized carbons (Fsp3) is 0.818. The molecule has 4 atom stereocenters. The molecule has 168 valence electrons. The van der Waals surface area contributed by atoms with Crippen LogP contribution in [0.4, 0.5) is 0 Å². The van der Waals surface area contributed by atoms with Gasteiger partial charge in [0.15, 0.2) is 0 Å². The Balaban J connectivity index is 1.35. The van der Waals surface area contributed by atoms with Crippen molar-refractivity contribution >= 4 is 23.6 Å². The van der Waals surface area contributed by atoms with Crippen LogP contribution < -0.4 is 0 Å². The summed E-state index contributed by atoms with van der Waals surface area (Å²) >= 11 is 1.67. The van der Waals surface area contributed by atoms with Crippen molar-refractivity contribution in [2.45, 2.75) is 56.9 Å². The molecule has 4 rings (SSSR count). The van der Waals surface area contributed by atoms with E-state index in [1.165, 1.54) is 37.4 Å². The largest absolute Gasteiger partial charge is 0.477 e. The van der Waals surface area contributed by atoms with E-state index in [2.05, 4.69) is 16.8 Å². The zero-order chi connectivity index (χ0) is 21.6. The van der Waals surface area contributed by atoms with Gasteiger partial charge in [-0.05, 0) is 71.8 Å². The fourth-order valence-corrected chi connectivity index (χ4v) is 7.13. The van der Waals surface area contributed by atoms with Gasteiger partial charge in [-0.1, -0.05) is 6.92 Å². The molecule has 4 heterocycles. The topological polar surface area (TPSA) is 84.3 Å². The van der Waals surface area contributed by atoms with Crippen molar-refractivity contribution < 1.29 is 19.8 Å². The summed E-state index contributed by atoms with van der Waals surface area (Å²) in [5, 5.41) is 20.2. The van der Waals surface area contributed by atoms with Gasteiger partial charge < -0.3 is 24.9 Å². The summed E-state index contributed by atoms with van der Waals surface area (Å²) in [5.41, 5.74) is 0.160. The summed E-state index contributed by atoms with van der Waals surface area (Å²) in [6.07, 6.45) is 3.93. The second kappa shape index (κ2) is 8.81. The SMILES string of the molecule is C[C@@H](O)[C@H]1C(=O)N2C(C(=O)O)=C(SC3CCN(CC4CCN(C)CC4)CC3)[C@H](C)[C@H]12. The first-order valence-corrected chi connectivity index (χ1v) is 12.2. The number of thioether (sulfide) groups is 1. The molecule has 3 fully saturated rings. The standard InChI is InChI=1S/C22H35N3O4S/c1-13-18-17(14(2)26)21(27)25(18)19(22(28)29)20(13)30-16-6-10-24(11-7-16)12-15-4-8-23(3)9-5-15/h13-18,26H,4-12H2,1-3H3,(H,28,29)/t13-,14-,17-,18-/m1/s1. The minimum absolute atomic E-state index is 0.0318. The molecule has 0 saturated carbocycles. The van der Waals surface area contributed by atoms with Crippen molar-refractivity contribution in [2.75, 3.05) is 39.8 Å². The number of piperidine rings is 2. The van der Waals surface area contributed by atoms with Crippen LogP contribution in [-0.4, -0.2) is 94.0 Å². The summed E-state index contributed by atoms with van der Waals surface area (Å²) in [5.74, 6) is -0.986. The maximum atomic E-state index is 12.5. The zero-order valence-electron chi connectivity index (χ0n) is 18.3. The Morgan fingerprint density at radius 2 is 1.80 bits per heavy atom. The lowest BCUT2D eigenvalue weighted by Gasteiger charge is -2.46. The Hall–Kier alpha value is -1.09. The molecule has 2 N–H and O–H groups in total. The first-order chi connectivity index (χ1) is 14.3. The molecule has 1 amide bonds. The number of rotatable bonds is 6. The van der Waals surface area contributed by atoms with E-state index in [4.69, 9.17) is 0 Å². The van der Waals surface area contributed by atoms with Crippen LogP contribution in [0.5, 0.6) is 0 Å². The molecular formula is C22H35N3O4S.